The number of carbonyl (C=O) groups is 1. The van der Waals surface area contributed by atoms with Crippen LogP contribution in [-0.4, -0.2) is 45.2 Å². The van der Waals surface area contributed by atoms with Gasteiger partial charge in [0.1, 0.15) is 0 Å². The number of aryl methyl sites for hydroxylation is 2. The van der Waals surface area contributed by atoms with Crippen LogP contribution in [0.4, 0.5) is 0 Å². The molecule has 6 nitrogen and oxygen atoms in total. The highest BCUT2D eigenvalue weighted by Gasteiger charge is 2.22. The van der Waals surface area contributed by atoms with Crippen molar-refractivity contribution in [1.29, 1.82) is 0 Å². The van der Waals surface area contributed by atoms with E-state index >= 15 is 0 Å². The molecule has 1 aliphatic heterocycles. The Morgan fingerprint density at radius 1 is 1.53 bits per heavy atom. The van der Waals surface area contributed by atoms with Crippen molar-refractivity contribution in [3.05, 3.63) is 11.7 Å². The van der Waals surface area contributed by atoms with Crippen LogP contribution in [0.5, 0.6) is 0 Å². The summed E-state index contributed by atoms with van der Waals surface area (Å²) >= 11 is 0. The Kier molecular flexibility index (Phi) is 4.90. The number of hydrogen-bond donors (Lipinski definition) is 1. The first-order chi connectivity index (χ1) is 9.19. The van der Waals surface area contributed by atoms with E-state index in [0.29, 0.717) is 31.1 Å². The van der Waals surface area contributed by atoms with Gasteiger partial charge in [-0.05, 0) is 19.3 Å². The molecule has 0 unspecified atom stereocenters. The van der Waals surface area contributed by atoms with Crippen LogP contribution < -0.4 is 0 Å². The number of rotatable bonds is 5. The number of hydrogen-bond acceptors (Lipinski definition) is 5. The van der Waals surface area contributed by atoms with E-state index in [1.54, 1.807) is 4.90 Å². The highest BCUT2D eigenvalue weighted by atomic mass is 16.5. The van der Waals surface area contributed by atoms with Crippen LogP contribution in [0.2, 0.25) is 0 Å². The standard InChI is InChI=1S/C13H21N3O3/c1-2-4-11-14-12(19-15-11)6-7-13(18)16-8-3-5-10(17)9-16/h10,17H,2-9H2,1H3/t10-/m0/s1. The third kappa shape index (κ3) is 4.02. The molecule has 0 spiro atoms. The number of β-amino-alcohol motifs (C(OH)–C–C–N with tert-alkyl or cyclic N) is 1. The molecule has 0 bridgehead atoms. The minimum absolute atomic E-state index is 0.0500. The minimum atomic E-state index is -0.378. The summed E-state index contributed by atoms with van der Waals surface area (Å²) in [6, 6.07) is 0. The summed E-state index contributed by atoms with van der Waals surface area (Å²) in [6.45, 7) is 3.24. The summed E-state index contributed by atoms with van der Waals surface area (Å²) in [5, 5.41) is 13.4. The van der Waals surface area contributed by atoms with Gasteiger partial charge in [-0.15, -0.1) is 0 Å². The zero-order valence-electron chi connectivity index (χ0n) is 11.3. The molecule has 1 aromatic rings. The number of piperidine rings is 1. The molecule has 1 fully saturated rings. The van der Waals surface area contributed by atoms with Gasteiger partial charge in [-0.2, -0.15) is 4.98 Å². The van der Waals surface area contributed by atoms with E-state index in [-0.39, 0.29) is 12.0 Å². The number of aliphatic hydroxyl groups excluding tert-OH is 1. The molecule has 1 aliphatic rings. The molecule has 19 heavy (non-hydrogen) atoms. The van der Waals surface area contributed by atoms with Gasteiger partial charge >= 0.3 is 0 Å². The molecular formula is C13H21N3O3. The maximum Gasteiger partial charge on any atom is 0.227 e. The van der Waals surface area contributed by atoms with Gasteiger partial charge in [0.25, 0.3) is 0 Å². The van der Waals surface area contributed by atoms with Crippen LogP contribution in [0, 0.1) is 0 Å². The Hall–Kier alpha value is -1.43. The van der Waals surface area contributed by atoms with E-state index in [1.165, 1.54) is 0 Å². The Morgan fingerprint density at radius 3 is 3.11 bits per heavy atom. The van der Waals surface area contributed by atoms with E-state index in [4.69, 9.17) is 4.52 Å². The third-order valence-electron chi connectivity index (χ3n) is 3.29. The molecule has 1 atom stereocenters. The highest BCUT2D eigenvalue weighted by molar-refractivity contribution is 5.76. The number of aromatic nitrogens is 2. The molecule has 2 rings (SSSR count). The summed E-state index contributed by atoms with van der Waals surface area (Å²) < 4.78 is 5.09. The molecule has 0 aromatic carbocycles. The van der Waals surface area contributed by atoms with Crippen molar-refractivity contribution in [3.8, 4) is 0 Å². The molecule has 1 aromatic heterocycles. The van der Waals surface area contributed by atoms with Crippen LogP contribution in [0.25, 0.3) is 0 Å². The maximum absolute atomic E-state index is 12.0. The third-order valence-corrected chi connectivity index (χ3v) is 3.29. The van der Waals surface area contributed by atoms with Crippen LogP contribution in [0.15, 0.2) is 4.52 Å². The Morgan fingerprint density at radius 2 is 2.37 bits per heavy atom. The lowest BCUT2D eigenvalue weighted by molar-refractivity contribution is -0.134. The summed E-state index contributed by atoms with van der Waals surface area (Å²) in [5.74, 6) is 1.28. The smallest absolute Gasteiger partial charge is 0.227 e. The quantitative estimate of drug-likeness (QED) is 0.858. The number of carbonyl (C=O) groups excluding carboxylic acids is 1. The van der Waals surface area contributed by atoms with Gasteiger partial charge in [0.2, 0.25) is 11.8 Å². The van der Waals surface area contributed by atoms with E-state index in [2.05, 4.69) is 17.1 Å². The van der Waals surface area contributed by atoms with Gasteiger partial charge in [0.05, 0.1) is 6.10 Å². The van der Waals surface area contributed by atoms with E-state index in [0.717, 1.165) is 32.2 Å². The lowest BCUT2D eigenvalue weighted by Crippen LogP contribution is -2.42. The van der Waals surface area contributed by atoms with Crippen molar-refractivity contribution in [3.63, 3.8) is 0 Å². The van der Waals surface area contributed by atoms with Gasteiger partial charge in [0, 0.05) is 32.4 Å². The molecular weight excluding hydrogens is 246 g/mol. The Balaban J connectivity index is 1.79. The topological polar surface area (TPSA) is 79.5 Å². The normalized spacial score (nSPS) is 19.7. The second kappa shape index (κ2) is 6.65. The number of amides is 1. The molecule has 6 heteroatoms. The summed E-state index contributed by atoms with van der Waals surface area (Å²) in [7, 11) is 0. The van der Waals surface area contributed by atoms with Gasteiger partial charge < -0.3 is 14.5 Å². The second-order valence-corrected chi connectivity index (χ2v) is 4.99. The van der Waals surface area contributed by atoms with Crippen LogP contribution in [0.1, 0.15) is 44.3 Å². The molecule has 0 aliphatic carbocycles. The summed E-state index contributed by atoms with van der Waals surface area (Å²) in [5.41, 5.74) is 0. The summed E-state index contributed by atoms with van der Waals surface area (Å²) in [6.07, 6.45) is 3.89. The van der Waals surface area contributed by atoms with Crippen LogP contribution in [-0.2, 0) is 17.6 Å². The highest BCUT2D eigenvalue weighted by Crippen LogP contribution is 2.12. The second-order valence-electron chi connectivity index (χ2n) is 4.99. The largest absolute Gasteiger partial charge is 0.391 e. The van der Waals surface area contributed by atoms with Gasteiger partial charge in [0.15, 0.2) is 5.82 Å². The number of likely N-dealkylation sites (tertiary alicyclic amines) is 1. The van der Waals surface area contributed by atoms with Crippen LogP contribution in [0.3, 0.4) is 0 Å². The van der Waals surface area contributed by atoms with Crippen molar-refractivity contribution in [2.24, 2.45) is 0 Å². The van der Waals surface area contributed by atoms with Crippen LogP contribution >= 0.6 is 0 Å². The van der Waals surface area contributed by atoms with Gasteiger partial charge in [-0.3, -0.25) is 4.79 Å². The predicted octanol–water partition coefficient (Wildman–Crippen LogP) is 0.938. The van der Waals surface area contributed by atoms with E-state index < -0.39 is 0 Å². The maximum atomic E-state index is 12.0. The molecule has 1 amide bonds. The first-order valence-corrected chi connectivity index (χ1v) is 6.96. The average Bonchev–Trinajstić information content (AvgIpc) is 2.84. The molecule has 0 saturated carbocycles. The van der Waals surface area contributed by atoms with Crippen molar-refractivity contribution < 1.29 is 14.4 Å². The predicted molar refractivity (Wildman–Crippen MR) is 68.4 cm³/mol. The Labute approximate surface area is 112 Å². The van der Waals surface area contributed by atoms with E-state index in [9.17, 15) is 9.90 Å². The first kappa shape index (κ1) is 14.0. The zero-order chi connectivity index (χ0) is 13.7. The SMILES string of the molecule is CCCc1noc(CCC(=O)N2CCC[C@H](O)C2)n1. The molecule has 1 saturated heterocycles. The van der Waals surface area contributed by atoms with E-state index in [1.807, 2.05) is 0 Å². The fraction of sp³-hybridized carbons (Fsp3) is 0.769. The van der Waals surface area contributed by atoms with Crippen molar-refractivity contribution in [2.75, 3.05) is 13.1 Å². The fourth-order valence-electron chi connectivity index (χ4n) is 2.27. The van der Waals surface area contributed by atoms with Crippen molar-refractivity contribution in [1.82, 2.24) is 15.0 Å². The fourth-order valence-corrected chi connectivity index (χ4v) is 2.27. The van der Waals surface area contributed by atoms with Crippen molar-refractivity contribution >= 4 is 5.91 Å². The van der Waals surface area contributed by atoms with Gasteiger partial charge in [-0.1, -0.05) is 12.1 Å². The number of aliphatic hydroxyl groups is 1. The average molecular weight is 267 g/mol. The zero-order valence-corrected chi connectivity index (χ0v) is 11.3. The Bertz CT molecular complexity index is 419. The molecule has 1 N–H and O–H groups in total. The molecule has 0 radical (unpaired) electrons. The lowest BCUT2D eigenvalue weighted by atomic mass is 10.1. The lowest BCUT2D eigenvalue weighted by Gasteiger charge is -2.30. The monoisotopic (exact) mass is 267 g/mol. The van der Waals surface area contributed by atoms with Crippen molar-refractivity contribution in [2.45, 2.75) is 51.6 Å². The number of nitrogens with zero attached hydrogens (tertiary/aromatic N) is 3. The minimum Gasteiger partial charge on any atom is -0.391 e. The summed E-state index contributed by atoms with van der Waals surface area (Å²) in [4.78, 5) is 17.9. The van der Waals surface area contributed by atoms with Gasteiger partial charge in [-0.25, -0.2) is 0 Å². The molecule has 106 valence electrons. The first-order valence-electron chi connectivity index (χ1n) is 6.96. The molecule has 2 heterocycles.